The molecule has 0 unspecified atom stereocenters. The zero-order valence-corrected chi connectivity index (χ0v) is 17.0. The van der Waals surface area contributed by atoms with Gasteiger partial charge in [-0.25, -0.2) is 14.2 Å². The summed E-state index contributed by atoms with van der Waals surface area (Å²) in [5.74, 6) is -2.23. The summed E-state index contributed by atoms with van der Waals surface area (Å²) in [4.78, 5) is 39.9. The van der Waals surface area contributed by atoms with Crippen LogP contribution in [0.5, 0.6) is 0 Å². The van der Waals surface area contributed by atoms with Gasteiger partial charge in [0, 0.05) is 0 Å². The first-order chi connectivity index (χ1) is 14.3. The second-order valence-electron chi connectivity index (χ2n) is 6.83. The number of nitrogens with one attached hydrogen (secondary N) is 1. The average Bonchev–Trinajstić information content (AvgIpc) is 3.49. The lowest BCUT2D eigenvalue weighted by Gasteiger charge is -2.18. The number of carbonyl (C=O) groups excluding carboxylic acids is 3. The molecule has 1 N–H and O–H groups in total. The summed E-state index contributed by atoms with van der Waals surface area (Å²) in [6.45, 7) is 1.80. The van der Waals surface area contributed by atoms with Gasteiger partial charge in [0.05, 0.1) is 17.7 Å². The Bertz CT molecular complexity index is 963. The van der Waals surface area contributed by atoms with E-state index < -0.39 is 35.6 Å². The molecular weight excluding hydrogens is 415 g/mol. The van der Waals surface area contributed by atoms with E-state index >= 15 is 0 Å². The van der Waals surface area contributed by atoms with E-state index in [1.54, 1.807) is 6.92 Å². The van der Waals surface area contributed by atoms with Gasteiger partial charge < -0.3 is 14.8 Å². The Morgan fingerprint density at radius 3 is 2.53 bits per heavy atom. The zero-order valence-electron chi connectivity index (χ0n) is 16.2. The lowest BCUT2D eigenvalue weighted by molar-refractivity contribution is -0.141. The van der Waals surface area contributed by atoms with E-state index in [0.29, 0.717) is 12.8 Å². The Kier molecular flexibility index (Phi) is 6.66. The smallest absolute Gasteiger partial charge is 0.408 e. The van der Waals surface area contributed by atoms with Gasteiger partial charge in [-0.15, -0.1) is 0 Å². The van der Waals surface area contributed by atoms with Crippen LogP contribution in [0.15, 0.2) is 36.4 Å². The van der Waals surface area contributed by atoms with Gasteiger partial charge in [0.15, 0.2) is 5.78 Å². The van der Waals surface area contributed by atoms with Crippen LogP contribution in [-0.4, -0.2) is 29.4 Å². The van der Waals surface area contributed by atoms with Crippen molar-refractivity contribution in [3.8, 4) is 0 Å². The molecule has 7 nitrogen and oxygen atoms in total. The number of carbonyl (C=O) groups is 3. The third-order valence-electron chi connectivity index (χ3n) is 4.60. The minimum absolute atomic E-state index is 0.0702. The average molecular weight is 435 g/mol. The second kappa shape index (κ2) is 9.21. The Labute approximate surface area is 177 Å². The normalized spacial score (nSPS) is 14.0. The fraction of sp³-hybridized carbons (Fsp3) is 0.333. The standard InChI is InChI=1S/C21H20ClFN2O5/c1-2-29-17(27)11-16(26)14-10-15(23)18(24-19(14)22)21(8-9-21)25-20(28)30-12-13-6-4-3-5-7-13/h3-7,10H,2,8-9,11-12H2,1H3,(H,25,28). The molecule has 30 heavy (non-hydrogen) atoms. The molecule has 1 fully saturated rings. The van der Waals surface area contributed by atoms with Crippen molar-refractivity contribution in [2.24, 2.45) is 0 Å². The number of benzene rings is 1. The quantitative estimate of drug-likeness (QED) is 0.293. The summed E-state index contributed by atoms with van der Waals surface area (Å²) >= 11 is 6.07. The number of alkyl carbamates (subject to hydrolysis) is 1. The number of Topliss-reactive ketones (excluding diaryl/α,β-unsaturated/α-hetero) is 1. The van der Waals surface area contributed by atoms with Crippen molar-refractivity contribution in [1.29, 1.82) is 0 Å². The van der Waals surface area contributed by atoms with Gasteiger partial charge in [-0.05, 0) is 31.4 Å². The number of nitrogens with zero attached hydrogens (tertiary/aromatic N) is 1. The van der Waals surface area contributed by atoms with Crippen molar-refractivity contribution in [2.45, 2.75) is 38.3 Å². The first-order valence-electron chi connectivity index (χ1n) is 9.39. The molecule has 158 valence electrons. The summed E-state index contributed by atoms with van der Waals surface area (Å²) in [6.07, 6.45) is -0.382. The molecule has 1 aromatic carbocycles. The molecule has 1 amide bonds. The van der Waals surface area contributed by atoms with Gasteiger partial charge in [-0.1, -0.05) is 41.9 Å². The Hall–Kier alpha value is -3.00. The summed E-state index contributed by atoms with van der Waals surface area (Å²) in [7, 11) is 0. The monoisotopic (exact) mass is 434 g/mol. The number of esters is 1. The number of halogens is 2. The molecule has 9 heteroatoms. The van der Waals surface area contributed by atoms with Crippen LogP contribution >= 0.6 is 11.6 Å². The third-order valence-corrected chi connectivity index (χ3v) is 4.89. The highest BCUT2D eigenvalue weighted by Crippen LogP contribution is 2.46. The topological polar surface area (TPSA) is 94.6 Å². The molecule has 1 saturated carbocycles. The van der Waals surface area contributed by atoms with Crippen LogP contribution in [0.2, 0.25) is 5.15 Å². The molecule has 1 aromatic heterocycles. The van der Waals surface area contributed by atoms with Crippen LogP contribution < -0.4 is 5.32 Å². The molecule has 1 aliphatic carbocycles. The van der Waals surface area contributed by atoms with Crippen LogP contribution in [0.1, 0.15) is 47.8 Å². The van der Waals surface area contributed by atoms with E-state index in [2.05, 4.69) is 10.3 Å². The SMILES string of the molecule is CCOC(=O)CC(=O)c1cc(F)c(C2(NC(=O)OCc3ccccc3)CC2)nc1Cl. The minimum atomic E-state index is -1.04. The molecular formula is C21H20ClFN2O5. The van der Waals surface area contributed by atoms with E-state index in [4.69, 9.17) is 21.1 Å². The summed E-state index contributed by atoms with van der Waals surface area (Å²) in [5, 5.41) is 2.39. The van der Waals surface area contributed by atoms with Crippen molar-refractivity contribution < 1.29 is 28.2 Å². The maximum absolute atomic E-state index is 14.7. The number of ketones is 1. The van der Waals surface area contributed by atoms with E-state index in [9.17, 15) is 18.8 Å². The van der Waals surface area contributed by atoms with Crippen LogP contribution in [0, 0.1) is 5.82 Å². The fourth-order valence-corrected chi connectivity index (χ4v) is 3.18. The molecule has 0 spiro atoms. The van der Waals surface area contributed by atoms with Gasteiger partial charge in [0.1, 0.15) is 29.7 Å². The van der Waals surface area contributed by atoms with Crippen LogP contribution in [0.25, 0.3) is 0 Å². The van der Waals surface area contributed by atoms with Gasteiger partial charge in [-0.2, -0.15) is 0 Å². The van der Waals surface area contributed by atoms with E-state index in [-0.39, 0.29) is 29.6 Å². The molecule has 0 radical (unpaired) electrons. The van der Waals surface area contributed by atoms with E-state index in [1.165, 1.54) is 0 Å². The lowest BCUT2D eigenvalue weighted by Crippen LogP contribution is -2.36. The Balaban J connectivity index is 1.69. The molecule has 0 atom stereocenters. The maximum atomic E-state index is 14.7. The largest absolute Gasteiger partial charge is 0.466 e. The van der Waals surface area contributed by atoms with Gasteiger partial charge in [0.2, 0.25) is 0 Å². The minimum Gasteiger partial charge on any atom is -0.466 e. The molecule has 2 aromatic rings. The first-order valence-corrected chi connectivity index (χ1v) is 9.76. The van der Waals surface area contributed by atoms with Gasteiger partial charge >= 0.3 is 12.1 Å². The molecule has 3 rings (SSSR count). The van der Waals surface area contributed by atoms with Crippen LogP contribution in [0.3, 0.4) is 0 Å². The highest BCUT2D eigenvalue weighted by Gasteiger charge is 2.50. The first kappa shape index (κ1) is 21.7. The predicted molar refractivity (Wildman–Crippen MR) is 105 cm³/mol. The number of ether oxygens (including phenoxy) is 2. The molecule has 1 heterocycles. The second-order valence-corrected chi connectivity index (χ2v) is 7.19. The molecule has 1 aliphatic rings. The summed E-state index contributed by atoms with van der Waals surface area (Å²) < 4.78 is 24.6. The van der Waals surface area contributed by atoms with Crippen LogP contribution in [0.4, 0.5) is 9.18 Å². The Morgan fingerprint density at radius 1 is 1.20 bits per heavy atom. The van der Waals surface area contributed by atoms with Crippen LogP contribution in [-0.2, 0) is 26.4 Å². The highest BCUT2D eigenvalue weighted by molar-refractivity contribution is 6.33. The third kappa shape index (κ3) is 5.13. The maximum Gasteiger partial charge on any atom is 0.408 e. The number of hydrogen-bond acceptors (Lipinski definition) is 6. The van der Waals surface area contributed by atoms with Crippen molar-refractivity contribution in [3.63, 3.8) is 0 Å². The Morgan fingerprint density at radius 2 is 1.90 bits per heavy atom. The van der Waals surface area contributed by atoms with E-state index in [1.807, 2.05) is 30.3 Å². The van der Waals surface area contributed by atoms with Gasteiger partial charge in [-0.3, -0.25) is 9.59 Å². The van der Waals surface area contributed by atoms with Crippen molar-refractivity contribution >= 4 is 29.4 Å². The fourth-order valence-electron chi connectivity index (χ4n) is 2.94. The van der Waals surface area contributed by atoms with E-state index in [0.717, 1.165) is 11.6 Å². The zero-order chi connectivity index (χ0) is 21.7. The summed E-state index contributed by atoms with van der Waals surface area (Å²) in [5.41, 5.74) is -0.510. The molecule has 0 saturated heterocycles. The predicted octanol–water partition coefficient (Wildman–Crippen LogP) is 3.93. The number of pyridine rings is 1. The molecule has 0 aliphatic heterocycles. The number of aromatic nitrogens is 1. The number of hydrogen-bond donors (Lipinski definition) is 1. The number of rotatable bonds is 8. The van der Waals surface area contributed by atoms with Crippen molar-refractivity contribution in [2.75, 3.05) is 6.61 Å². The van der Waals surface area contributed by atoms with Crippen molar-refractivity contribution in [3.05, 3.63) is 64.2 Å². The summed E-state index contributed by atoms with van der Waals surface area (Å²) in [6, 6.07) is 10.1. The molecule has 0 bridgehead atoms. The number of amides is 1. The lowest BCUT2D eigenvalue weighted by atomic mass is 10.1. The van der Waals surface area contributed by atoms with Crippen molar-refractivity contribution in [1.82, 2.24) is 10.3 Å². The highest BCUT2D eigenvalue weighted by atomic mass is 35.5. The van der Waals surface area contributed by atoms with Gasteiger partial charge in [0.25, 0.3) is 0 Å².